The van der Waals surface area contributed by atoms with Gasteiger partial charge in [0.25, 0.3) is 5.91 Å². The van der Waals surface area contributed by atoms with Crippen molar-refractivity contribution in [1.29, 1.82) is 0 Å². The van der Waals surface area contributed by atoms with E-state index in [2.05, 4.69) is 5.32 Å². The Balaban J connectivity index is 1.90. The predicted molar refractivity (Wildman–Crippen MR) is 85.3 cm³/mol. The molecule has 1 aliphatic rings. The lowest BCUT2D eigenvalue weighted by atomic mass is 10.1. The molecule has 0 aromatic heterocycles. The van der Waals surface area contributed by atoms with Gasteiger partial charge in [-0.1, -0.05) is 12.1 Å². The van der Waals surface area contributed by atoms with Gasteiger partial charge in [0, 0.05) is 26.2 Å². The maximum absolute atomic E-state index is 12.1. The summed E-state index contributed by atoms with van der Waals surface area (Å²) in [5, 5.41) is 2.56. The normalized spacial score (nSPS) is 14.1. The van der Waals surface area contributed by atoms with Gasteiger partial charge < -0.3 is 15.1 Å². The minimum atomic E-state index is -0.138. The molecular formula is C15H19N3O3S. The molecule has 0 unspecified atom stereocenters. The van der Waals surface area contributed by atoms with Crippen molar-refractivity contribution in [3.63, 3.8) is 0 Å². The molecule has 1 fully saturated rings. The lowest BCUT2D eigenvalue weighted by Gasteiger charge is -2.21. The van der Waals surface area contributed by atoms with Crippen LogP contribution in [-0.2, 0) is 16.1 Å². The first-order valence-corrected chi connectivity index (χ1v) is 8.07. The van der Waals surface area contributed by atoms with Crippen molar-refractivity contribution < 1.29 is 14.4 Å². The molecule has 2 rings (SSSR count). The molecule has 118 valence electrons. The molecule has 7 heteroatoms. The number of nitrogens with one attached hydrogen (secondary N) is 1. The van der Waals surface area contributed by atoms with E-state index < -0.39 is 0 Å². The van der Waals surface area contributed by atoms with Gasteiger partial charge in [-0.3, -0.25) is 14.4 Å². The van der Waals surface area contributed by atoms with Crippen molar-refractivity contribution in [1.82, 2.24) is 15.1 Å². The standard InChI is InChI=1S/C15H19N3O3S/c1-16-15(21)12-5-3-11(4-6-12)7-17(2)13(19)8-18-10-22-9-14(18)20/h3-6H,7-10H2,1-2H3,(H,16,21). The van der Waals surface area contributed by atoms with Crippen LogP contribution in [0.5, 0.6) is 0 Å². The van der Waals surface area contributed by atoms with E-state index in [0.29, 0.717) is 23.7 Å². The smallest absolute Gasteiger partial charge is 0.251 e. The van der Waals surface area contributed by atoms with Crippen molar-refractivity contribution in [2.75, 3.05) is 32.3 Å². The molecule has 0 radical (unpaired) electrons. The van der Waals surface area contributed by atoms with Gasteiger partial charge in [-0.05, 0) is 17.7 Å². The highest BCUT2D eigenvalue weighted by Crippen LogP contribution is 2.15. The number of thioether (sulfide) groups is 1. The zero-order valence-electron chi connectivity index (χ0n) is 12.7. The van der Waals surface area contributed by atoms with Gasteiger partial charge in [0.2, 0.25) is 11.8 Å². The summed E-state index contributed by atoms with van der Waals surface area (Å²) in [6.07, 6.45) is 0. The number of rotatable bonds is 5. The van der Waals surface area contributed by atoms with Crippen molar-refractivity contribution in [3.05, 3.63) is 35.4 Å². The number of nitrogens with zero attached hydrogens (tertiary/aromatic N) is 2. The van der Waals surface area contributed by atoms with E-state index >= 15 is 0 Å². The maximum atomic E-state index is 12.1. The van der Waals surface area contributed by atoms with Gasteiger partial charge in [0.15, 0.2) is 0 Å². The van der Waals surface area contributed by atoms with Crippen molar-refractivity contribution in [2.45, 2.75) is 6.54 Å². The van der Waals surface area contributed by atoms with E-state index in [0.717, 1.165) is 5.56 Å². The fourth-order valence-electron chi connectivity index (χ4n) is 2.09. The first kappa shape index (κ1) is 16.4. The highest BCUT2D eigenvalue weighted by Gasteiger charge is 2.24. The second kappa shape index (κ2) is 7.31. The summed E-state index contributed by atoms with van der Waals surface area (Å²) < 4.78 is 0. The molecule has 1 aromatic carbocycles. The molecular weight excluding hydrogens is 302 g/mol. The summed E-state index contributed by atoms with van der Waals surface area (Å²) in [5.74, 6) is 0.825. The third kappa shape index (κ3) is 4.00. The van der Waals surface area contributed by atoms with Gasteiger partial charge in [0.1, 0.15) is 6.54 Å². The number of carbonyl (C=O) groups is 3. The average molecular weight is 321 g/mol. The molecule has 1 saturated heterocycles. The van der Waals surface area contributed by atoms with Gasteiger partial charge in [0.05, 0.1) is 11.6 Å². The van der Waals surface area contributed by atoms with Crippen LogP contribution in [0.25, 0.3) is 0 Å². The van der Waals surface area contributed by atoms with E-state index in [1.807, 2.05) is 12.1 Å². The van der Waals surface area contributed by atoms with E-state index in [1.54, 1.807) is 36.0 Å². The summed E-state index contributed by atoms with van der Waals surface area (Å²) in [6, 6.07) is 7.11. The molecule has 0 spiro atoms. The Morgan fingerprint density at radius 2 is 2.00 bits per heavy atom. The molecule has 6 nitrogen and oxygen atoms in total. The minimum Gasteiger partial charge on any atom is -0.355 e. The summed E-state index contributed by atoms with van der Waals surface area (Å²) >= 11 is 1.52. The molecule has 0 bridgehead atoms. The molecule has 0 saturated carbocycles. The highest BCUT2D eigenvalue weighted by molar-refractivity contribution is 8.00. The van der Waals surface area contributed by atoms with E-state index in [9.17, 15) is 14.4 Å². The van der Waals surface area contributed by atoms with Gasteiger partial charge in [-0.15, -0.1) is 11.8 Å². The lowest BCUT2D eigenvalue weighted by Crippen LogP contribution is -2.38. The van der Waals surface area contributed by atoms with Crippen LogP contribution in [0.15, 0.2) is 24.3 Å². The van der Waals surface area contributed by atoms with E-state index in [-0.39, 0.29) is 24.3 Å². The van der Waals surface area contributed by atoms with Crippen LogP contribution in [-0.4, -0.2) is 59.8 Å². The quantitative estimate of drug-likeness (QED) is 0.859. The van der Waals surface area contributed by atoms with Crippen LogP contribution in [0.2, 0.25) is 0 Å². The fourth-order valence-corrected chi connectivity index (χ4v) is 3.00. The number of benzene rings is 1. The first-order chi connectivity index (χ1) is 10.5. The van der Waals surface area contributed by atoms with Gasteiger partial charge in [-0.2, -0.15) is 0 Å². The van der Waals surface area contributed by atoms with Crippen LogP contribution in [0.3, 0.4) is 0 Å². The Kier molecular flexibility index (Phi) is 5.43. The summed E-state index contributed by atoms with van der Waals surface area (Å²) in [4.78, 5) is 38.3. The number of likely N-dealkylation sites (N-methyl/N-ethyl adjacent to an activating group) is 1. The molecule has 0 aliphatic carbocycles. The molecule has 1 heterocycles. The van der Waals surface area contributed by atoms with E-state index in [1.165, 1.54) is 11.8 Å². The molecule has 1 aromatic rings. The number of carbonyl (C=O) groups excluding carboxylic acids is 3. The molecule has 1 aliphatic heterocycles. The van der Waals surface area contributed by atoms with E-state index in [4.69, 9.17) is 0 Å². The SMILES string of the molecule is CNC(=O)c1ccc(CN(C)C(=O)CN2CSCC2=O)cc1. The summed E-state index contributed by atoms with van der Waals surface area (Å²) in [5.41, 5.74) is 1.52. The monoisotopic (exact) mass is 321 g/mol. The summed E-state index contributed by atoms with van der Waals surface area (Å²) in [7, 11) is 3.29. The van der Waals surface area contributed by atoms with Gasteiger partial charge in [-0.25, -0.2) is 0 Å². The summed E-state index contributed by atoms with van der Waals surface area (Å²) in [6.45, 7) is 0.570. The largest absolute Gasteiger partial charge is 0.355 e. The second-order valence-corrected chi connectivity index (χ2v) is 6.05. The van der Waals surface area contributed by atoms with Crippen molar-refractivity contribution in [2.24, 2.45) is 0 Å². The first-order valence-electron chi connectivity index (χ1n) is 6.91. The number of amides is 3. The van der Waals surface area contributed by atoms with Crippen LogP contribution >= 0.6 is 11.8 Å². The Labute approximate surface area is 133 Å². The highest BCUT2D eigenvalue weighted by atomic mass is 32.2. The van der Waals surface area contributed by atoms with Crippen LogP contribution in [0, 0.1) is 0 Å². The van der Waals surface area contributed by atoms with Crippen molar-refractivity contribution >= 4 is 29.5 Å². The zero-order chi connectivity index (χ0) is 16.1. The Morgan fingerprint density at radius 1 is 1.32 bits per heavy atom. The Morgan fingerprint density at radius 3 is 2.55 bits per heavy atom. The second-order valence-electron chi connectivity index (χ2n) is 5.10. The molecule has 22 heavy (non-hydrogen) atoms. The van der Waals surface area contributed by atoms with Crippen LogP contribution in [0.4, 0.5) is 0 Å². The number of hydrogen-bond donors (Lipinski definition) is 1. The third-order valence-corrected chi connectivity index (χ3v) is 4.39. The molecule has 1 N–H and O–H groups in total. The van der Waals surface area contributed by atoms with Crippen molar-refractivity contribution in [3.8, 4) is 0 Å². The molecule has 3 amide bonds. The van der Waals surface area contributed by atoms with Gasteiger partial charge >= 0.3 is 0 Å². The lowest BCUT2D eigenvalue weighted by molar-refractivity contribution is -0.137. The zero-order valence-corrected chi connectivity index (χ0v) is 13.5. The third-order valence-electron chi connectivity index (χ3n) is 3.44. The Bertz CT molecular complexity index is 574. The van der Waals surface area contributed by atoms with Crippen LogP contribution < -0.4 is 5.32 Å². The Hall–Kier alpha value is -2.02. The van der Waals surface area contributed by atoms with Crippen LogP contribution in [0.1, 0.15) is 15.9 Å². The maximum Gasteiger partial charge on any atom is 0.251 e. The molecule has 0 atom stereocenters. The average Bonchev–Trinajstić information content (AvgIpc) is 2.92. The number of hydrogen-bond acceptors (Lipinski definition) is 4. The minimum absolute atomic E-state index is 0.0154. The topological polar surface area (TPSA) is 69.7 Å². The fraction of sp³-hybridized carbons (Fsp3) is 0.400. The predicted octanol–water partition coefficient (Wildman–Crippen LogP) is 0.538.